The number of likely N-dealkylation sites (N-methyl/N-ethyl adjacent to an activating group) is 1. The number of carbonyl (C=O) groups excluding carboxylic acids is 2. The molecule has 3 rings (SSSR count). The molecule has 0 aromatic heterocycles. The number of ether oxygens (including phenoxy) is 2. The maximum absolute atomic E-state index is 12.2. The topological polar surface area (TPSA) is 55.8 Å². The van der Waals surface area contributed by atoms with Crippen LogP contribution in [0.1, 0.15) is 13.3 Å². The first-order valence-electron chi connectivity index (χ1n) is 7.90. The largest absolute Gasteiger partial charge is 0.458 e. The van der Waals surface area contributed by atoms with Crippen molar-refractivity contribution in [2.24, 2.45) is 0 Å². The normalized spacial score (nSPS) is 19.2. The molecule has 2 aromatic carbocycles. The van der Waals surface area contributed by atoms with Crippen LogP contribution in [0, 0.1) is 0 Å². The van der Waals surface area contributed by atoms with Crippen LogP contribution < -0.4 is 4.74 Å². The number of esters is 1. The van der Waals surface area contributed by atoms with Crippen molar-refractivity contribution < 1.29 is 19.1 Å². The molecular weight excluding hydrogens is 306 g/mol. The summed E-state index contributed by atoms with van der Waals surface area (Å²) < 4.78 is 10.3. The van der Waals surface area contributed by atoms with Crippen molar-refractivity contribution in [2.75, 3.05) is 7.05 Å². The van der Waals surface area contributed by atoms with E-state index in [1.54, 1.807) is 19.2 Å². The highest BCUT2D eigenvalue weighted by Gasteiger charge is 2.46. The third kappa shape index (κ3) is 3.11. The number of carbonyl (C=O) groups is 2. The van der Waals surface area contributed by atoms with Crippen molar-refractivity contribution in [3.05, 3.63) is 54.6 Å². The fourth-order valence-corrected chi connectivity index (χ4v) is 2.71. The first kappa shape index (κ1) is 16.1. The third-order valence-corrected chi connectivity index (χ3v) is 4.14. The fraction of sp³-hybridized carbons (Fsp3) is 0.263. The molecule has 2 atom stereocenters. The molecule has 1 aliphatic rings. The van der Waals surface area contributed by atoms with Crippen LogP contribution in [0.3, 0.4) is 0 Å². The summed E-state index contributed by atoms with van der Waals surface area (Å²) in [6.45, 7) is 1.91. The summed E-state index contributed by atoms with van der Waals surface area (Å²) in [5.41, 5.74) is 2.13. The molecule has 2 aromatic rings. The van der Waals surface area contributed by atoms with Gasteiger partial charge in [0.25, 0.3) is 0 Å². The van der Waals surface area contributed by atoms with Gasteiger partial charge in [0, 0.05) is 7.05 Å². The number of rotatable bonds is 4. The SMILES string of the molecule is CC[C@H]1OC(=O)[C@@H]1N(C)C(=O)Oc1ccc(-c2ccccc2)cc1. The average molecular weight is 325 g/mol. The van der Waals surface area contributed by atoms with E-state index in [0.717, 1.165) is 11.1 Å². The molecule has 1 amide bonds. The lowest BCUT2D eigenvalue weighted by Gasteiger charge is -2.39. The number of benzene rings is 2. The van der Waals surface area contributed by atoms with E-state index in [2.05, 4.69) is 0 Å². The quantitative estimate of drug-likeness (QED) is 0.808. The van der Waals surface area contributed by atoms with Gasteiger partial charge in [0.15, 0.2) is 6.04 Å². The van der Waals surface area contributed by atoms with Gasteiger partial charge in [-0.25, -0.2) is 9.59 Å². The van der Waals surface area contributed by atoms with Crippen LogP contribution in [-0.4, -0.2) is 36.2 Å². The molecule has 0 N–H and O–H groups in total. The van der Waals surface area contributed by atoms with Gasteiger partial charge in [-0.05, 0) is 29.7 Å². The van der Waals surface area contributed by atoms with Crippen LogP contribution in [0.2, 0.25) is 0 Å². The van der Waals surface area contributed by atoms with Gasteiger partial charge in [-0.15, -0.1) is 0 Å². The minimum atomic E-state index is -0.567. The number of hydrogen-bond donors (Lipinski definition) is 0. The maximum atomic E-state index is 12.2. The highest BCUT2D eigenvalue weighted by molar-refractivity contribution is 5.86. The lowest BCUT2D eigenvalue weighted by Crippen LogP contribution is -2.60. The average Bonchev–Trinajstić information content (AvgIpc) is 2.60. The van der Waals surface area contributed by atoms with Crippen molar-refractivity contribution in [1.82, 2.24) is 4.90 Å². The molecule has 5 nitrogen and oxygen atoms in total. The lowest BCUT2D eigenvalue weighted by atomic mass is 10.0. The Bertz CT molecular complexity index is 727. The van der Waals surface area contributed by atoms with E-state index in [-0.39, 0.29) is 12.1 Å². The monoisotopic (exact) mass is 325 g/mol. The van der Waals surface area contributed by atoms with Crippen LogP contribution >= 0.6 is 0 Å². The molecule has 0 saturated carbocycles. The predicted molar refractivity (Wildman–Crippen MR) is 89.6 cm³/mol. The Labute approximate surface area is 140 Å². The van der Waals surface area contributed by atoms with Crippen LogP contribution in [0.5, 0.6) is 5.75 Å². The Morgan fingerprint density at radius 2 is 1.71 bits per heavy atom. The van der Waals surface area contributed by atoms with E-state index >= 15 is 0 Å². The maximum Gasteiger partial charge on any atom is 0.415 e. The molecule has 124 valence electrons. The smallest absolute Gasteiger partial charge is 0.415 e. The first-order chi connectivity index (χ1) is 11.6. The number of cyclic esters (lactones) is 1. The summed E-state index contributed by atoms with van der Waals surface area (Å²) in [5.74, 6) is 0.0491. The van der Waals surface area contributed by atoms with Crippen LogP contribution in [0.25, 0.3) is 11.1 Å². The summed E-state index contributed by atoms with van der Waals surface area (Å²) in [6.07, 6.45) is -0.155. The minimum absolute atomic E-state index is 0.254. The second-order valence-corrected chi connectivity index (χ2v) is 5.70. The third-order valence-electron chi connectivity index (χ3n) is 4.14. The molecule has 0 bridgehead atoms. The standard InChI is InChI=1S/C19H19NO4/c1-3-16-17(18(21)24-16)20(2)19(22)23-15-11-9-14(10-12-15)13-7-5-4-6-8-13/h4-12,16-17H,3H2,1-2H3/t16-,17-/m1/s1. The summed E-state index contributed by atoms with van der Waals surface area (Å²) in [5, 5.41) is 0. The summed E-state index contributed by atoms with van der Waals surface area (Å²) in [4.78, 5) is 25.0. The summed E-state index contributed by atoms with van der Waals surface area (Å²) in [6, 6.07) is 16.6. The van der Waals surface area contributed by atoms with Gasteiger partial charge >= 0.3 is 12.1 Å². The van der Waals surface area contributed by atoms with Crippen LogP contribution in [0.15, 0.2) is 54.6 Å². The fourth-order valence-electron chi connectivity index (χ4n) is 2.71. The summed E-state index contributed by atoms with van der Waals surface area (Å²) in [7, 11) is 1.55. The number of hydrogen-bond acceptors (Lipinski definition) is 4. The van der Waals surface area contributed by atoms with Crippen molar-refractivity contribution in [2.45, 2.75) is 25.5 Å². The molecule has 0 radical (unpaired) electrons. The Morgan fingerprint density at radius 3 is 2.29 bits per heavy atom. The van der Waals surface area contributed by atoms with E-state index in [1.165, 1.54) is 4.90 Å². The molecule has 1 saturated heterocycles. The number of nitrogens with zero attached hydrogens (tertiary/aromatic N) is 1. The zero-order valence-corrected chi connectivity index (χ0v) is 13.6. The van der Waals surface area contributed by atoms with Gasteiger partial charge in [-0.2, -0.15) is 0 Å². The molecule has 0 spiro atoms. The second kappa shape index (κ2) is 6.74. The first-order valence-corrected chi connectivity index (χ1v) is 7.90. The highest BCUT2D eigenvalue weighted by Crippen LogP contribution is 2.25. The molecule has 24 heavy (non-hydrogen) atoms. The predicted octanol–water partition coefficient (Wildman–Crippen LogP) is 3.49. The van der Waals surface area contributed by atoms with Gasteiger partial charge in [-0.3, -0.25) is 4.90 Å². The van der Waals surface area contributed by atoms with E-state index < -0.39 is 12.1 Å². The molecule has 0 unspecified atom stereocenters. The van der Waals surface area contributed by atoms with Gasteiger partial charge in [0.2, 0.25) is 0 Å². The van der Waals surface area contributed by atoms with Crippen molar-refractivity contribution in [1.29, 1.82) is 0 Å². The molecule has 1 heterocycles. The van der Waals surface area contributed by atoms with Gasteiger partial charge in [0.05, 0.1) is 0 Å². The van der Waals surface area contributed by atoms with Crippen molar-refractivity contribution in [3.63, 3.8) is 0 Å². The van der Waals surface area contributed by atoms with E-state index in [1.807, 2.05) is 49.4 Å². The van der Waals surface area contributed by atoms with E-state index in [0.29, 0.717) is 12.2 Å². The van der Waals surface area contributed by atoms with Crippen molar-refractivity contribution >= 4 is 12.1 Å². The number of amides is 1. The second-order valence-electron chi connectivity index (χ2n) is 5.70. The zero-order chi connectivity index (χ0) is 17.1. The zero-order valence-electron chi connectivity index (χ0n) is 13.6. The van der Waals surface area contributed by atoms with Gasteiger partial charge in [0.1, 0.15) is 11.9 Å². The minimum Gasteiger partial charge on any atom is -0.458 e. The Morgan fingerprint density at radius 1 is 1.08 bits per heavy atom. The van der Waals surface area contributed by atoms with Gasteiger partial charge < -0.3 is 9.47 Å². The molecular formula is C19H19NO4. The Balaban J connectivity index is 1.65. The molecule has 1 aliphatic heterocycles. The van der Waals surface area contributed by atoms with Crippen LogP contribution in [-0.2, 0) is 9.53 Å². The Hall–Kier alpha value is -2.82. The highest BCUT2D eigenvalue weighted by atomic mass is 16.6. The van der Waals surface area contributed by atoms with E-state index in [4.69, 9.17) is 9.47 Å². The molecule has 0 aliphatic carbocycles. The van der Waals surface area contributed by atoms with Crippen LogP contribution in [0.4, 0.5) is 4.79 Å². The lowest BCUT2D eigenvalue weighted by molar-refractivity contribution is -0.184. The van der Waals surface area contributed by atoms with Crippen molar-refractivity contribution in [3.8, 4) is 16.9 Å². The van der Waals surface area contributed by atoms with Gasteiger partial charge in [-0.1, -0.05) is 49.4 Å². The Kier molecular flexibility index (Phi) is 4.51. The molecule has 1 fully saturated rings. The summed E-state index contributed by atoms with van der Waals surface area (Å²) >= 11 is 0. The van der Waals surface area contributed by atoms with E-state index in [9.17, 15) is 9.59 Å². The molecule has 5 heteroatoms.